The number of hydrogen-bond donors (Lipinski definition) is 2. The van der Waals surface area contributed by atoms with E-state index in [0.29, 0.717) is 0 Å². The van der Waals surface area contributed by atoms with Gasteiger partial charge in [-0.05, 0) is 74.5 Å². The van der Waals surface area contributed by atoms with Gasteiger partial charge in [0.15, 0.2) is 0 Å². The van der Waals surface area contributed by atoms with Crippen molar-refractivity contribution < 1.29 is 14.7 Å². The van der Waals surface area contributed by atoms with E-state index in [-0.39, 0.29) is 52.9 Å². The van der Waals surface area contributed by atoms with Crippen LogP contribution in [0.3, 0.4) is 0 Å². The number of carbonyl (C=O) groups is 2. The van der Waals surface area contributed by atoms with Crippen LogP contribution in [0.5, 0.6) is 0 Å². The quantitative estimate of drug-likeness (QED) is 0.775. The van der Waals surface area contributed by atoms with Crippen molar-refractivity contribution in [3.63, 3.8) is 0 Å². The fourth-order valence-electron chi connectivity index (χ4n) is 6.55. The highest BCUT2D eigenvalue weighted by Crippen LogP contribution is 2.55. The molecule has 158 valence electrons. The molecule has 4 rings (SSSR count). The number of carbonyl (C=O) groups excluding carboxylic acids is 2. The van der Waals surface area contributed by atoms with Crippen LogP contribution in [-0.2, 0) is 9.59 Å². The number of nitrogens with zero attached hydrogens (tertiary/aromatic N) is 1. The molecule has 0 aromatic carbocycles. The third-order valence-corrected chi connectivity index (χ3v) is 8.61. The smallest absolute Gasteiger partial charge is 0.225 e. The highest BCUT2D eigenvalue weighted by molar-refractivity contribution is 5.81. The van der Waals surface area contributed by atoms with E-state index in [9.17, 15) is 14.7 Å². The molecule has 3 saturated carbocycles. The number of aliphatic hydroxyl groups excluding tert-OH is 1. The van der Waals surface area contributed by atoms with Crippen LogP contribution >= 0.6 is 0 Å². The van der Waals surface area contributed by atoms with Gasteiger partial charge < -0.3 is 15.3 Å². The summed E-state index contributed by atoms with van der Waals surface area (Å²) in [5.74, 6) is 0.971. The van der Waals surface area contributed by atoms with Crippen molar-refractivity contribution in [2.24, 2.45) is 35.0 Å². The Morgan fingerprint density at radius 1 is 1.11 bits per heavy atom. The highest BCUT2D eigenvalue weighted by Gasteiger charge is 2.54. The van der Waals surface area contributed by atoms with Gasteiger partial charge in [0.2, 0.25) is 11.8 Å². The van der Waals surface area contributed by atoms with E-state index in [1.54, 1.807) is 0 Å². The first-order chi connectivity index (χ1) is 13.3. The summed E-state index contributed by atoms with van der Waals surface area (Å²) in [4.78, 5) is 27.3. The van der Waals surface area contributed by atoms with E-state index in [1.807, 2.05) is 11.8 Å². The Kier molecular flexibility index (Phi) is 5.49. The van der Waals surface area contributed by atoms with Crippen LogP contribution < -0.4 is 5.32 Å². The van der Waals surface area contributed by atoms with Gasteiger partial charge in [0.25, 0.3) is 0 Å². The molecule has 7 unspecified atom stereocenters. The largest absolute Gasteiger partial charge is 0.392 e. The molecule has 2 amide bonds. The van der Waals surface area contributed by atoms with Crippen molar-refractivity contribution in [1.29, 1.82) is 0 Å². The van der Waals surface area contributed by atoms with E-state index in [4.69, 9.17) is 0 Å². The third-order valence-electron chi connectivity index (χ3n) is 8.61. The van der Waals surface area contributed by atoms with E-state index < -0.39 is 6.10 Å². The van der Waals surface area contributed by atoms with Crippen LogP contribution in [0.1, 0.15) is 72.1 Å². The molecule has 4 fully saturated rings. The van der Waals surface area contributed by atoms with Gasteiger partial charge >= 0.3 is 0 Å². The SMILES string of the molecule is CC(C(=O)N1CCCC1)C1CCC2(C)CCC(NC(=O)C3CC3)C(C)C2C1O. The van der Waals surface area contributed by atoms with Crippen LogP contribution in [0.15, 0.2) is 0 Å². The molecule has 4 aliphatic rings. The van der Waals surface area contributed by atoms with Crippen LogP contribution in [-0.4, -0.2) is 47.1 Å². The van der Waals surface area contributed by atoms with Crippen LogP contribution in [0, 0.1) is 35.0 Å². The highest BCUT2D eigenvalue weighted by atomic mass is 16.3. The Bertz CT molecular complexity index is 613. The second-order valence-corrected chi connectivity index (χ2v) is 10.5. The standard InChI is InChI=1S/C23H38N2O3/c1-14(22(28)25-12-4-5-13-25)17-8-10-23(3)11-9-18(15(2)19(23)20(17)26)24-21(27)16-6-7-16/h14-20,26H,4-13H2,1-3H3,(H,24,27). The molecule has 1 heterocycles. The van der Waals surface area contributed by atoms with Crippen LogP contribution in [0.25, 0.3) is 0 Å². The number of aliphatic hydroxyl groups is 1. The summed E-state index contributed by atoms with van der Waals surface area (Å²) in [5.41, 5.74) is 0.118. The average Bonchev–Trinajstić information content (AvgIpc) is 3.38. The Hall–Kier alpha value is -1.10. The monoisotopic (exact) mass is 390 g/mol. The minimum Gasteiger partial charge on any atom is -0.392 e. The molecule has 0 spiro atoms. The van der Waals surface area contributed by atoms with Gasteiger partial charge in [0.1, 0.15) is 0 Å². The Balaban J connectivity index is 1.47. The van der Waals surface area contributed by atoms with Crippen molar-refractivity contribution in [3.8, 4) is 0 Å². The molecule has 7 atom stereocenters. The average molecular weight is 391 g/mol. The minimum atomic E-state index is -0.462. The van der Waals surface area contributed by atoms with Gasteiger partial charge in [0, 0.05) is 31.0 Å². The van der Waals surface area contributed by atoms with E-state index in [2.05, 4.69) is 19.2 Å². The maximum Gasteiger partial charge on any atom is 0.225 e. The molecule has 2 N–H and O–H groups in total. The first kappa shape index (κ1) is 20.2. The molecular formula is C23H38N2O3. The molecule has 1 aliphatic heterocycles. The summed E-state index contributed by atoms with van der Waals surface area (Å²) in [7, 11) is 0. The first-order valence-corrected chi connectivity index (χ1v) is 11.6. The zero-order valence-corrected chi connectivity index (χ0v) is 17.8. The molecule has 28 heavy (non-hydrogen) atoms. The second kappa shape index (κ2) is 7.62. The van der Waals surface area contributed by atoms with Crippen LogP contribution in [0.2, 0.25) is 0 Å². The fourth-order valence-corrected chi connectivity index (χ4v) is 6.55. The Labute approximate surface area is 169 Å². The molecule has 0 radical (unpaired) electrons. The lowest BCUT2D eigenvalue weighted by Crippen LogP contribution is -2.58. The summed E-state index contributed by atoms with van der Waals surface area (Å²) in [6.45, 7) is 8.30. The number of amides is 2. The van der Waals surface area contributed by atoms with Gasteiger partial charge in [0.05, 0.1) is 6.10 Å². The predicted molar refractivity (Wildman–Crippen MR) is 108 cm³/mol. The lowest BCUT2D eigenvalue weighted by Gasteiger charge is -2.56. The molecule has 5 nitrogen and oxygen atoms in total. The Morgan fingerprint density at radius 2 is 1.75 bits per heavy atom. The number of fused-ring (bicyclic) bond motifs is 1. The summed E-state index contributed by atoms with van der Waals surface area (Å²) >= 11 is 0. The minimum absolute atomic E-state index is 0.0338. The van der Waals surface area contributed by atoms with E-state index >= 15 is 0 Å². The number of rotatable bonds is 4. The summed E-state index contributed by atoms with van der Waals surface area (Å²) in [6.07, 6.45) is 7.85. The maximum atomic E-state index is 13.0. The van der Waals surface area contributed by atoms with Gasteiger partial charge in [-0.25, -0.2) is 0 Å². The van der Waals surface area contributed by atoms with E-state index in [0.717, 1.165) is 64.5 Å². The summed E-state index contributed by atoms with van der Waals surface area (Å²) in [6, 6.07) is 0.157. The van der Waals surface area contributed by atoms with Crippen molar-refractivity contribution in [1.82, 2.24) is 10.2 Å². The lowest BCUT2D eigenvalue weighted by molar-refractivity contribution is -0.150. The number of likely N-dealkylation sites (tertiary alicyclic amines) is 1. The number of nitrogens with one attached hydrogen (secondary N) is 1. The van der Waals surface area contributed by atoms with Crippen molar-refractivity contribution in [2.75, 3.05) is 13.1 Å². The lowest BCUT2D eigenvalue weighted by atomic mass is 9.51. The molecule has 1 saturated heterocycles. The van der Waals surface area contributed by atoms with Gasteiger partial charge in [-0.2, -0.15) is 0 Å². The Morgan fingerprint density at radius 3 is 2.39 bits per heavy atom. The molecule has 3 aliphatic carbocycles. The molecule has 0 aromatic heterocycles. The maximum absolute atomic E-state index is 13.0. The van der Waals surface area contributed by atoms with Gasteiger partial charge in [-0.3, -0.25) is 9.59 Å². The van der Waals surface area contributed by atoms with Crippen molar-refractivity contribution in [3.05, 3.63) is 0 Å². The zero-order chi connectivity index (χ0) is 20.1. The molecular weight excluding hydrogens is 352 g/mol. The van der Waals surface area contributed by atoms with Gasteiger partial charge in [-0.1, -0.05) is 20.8 Å². The summed E-state index contributed by atoms with van der Waals surface area (Å²) in [5, 5.41) is 14.7. The van der Waals surface area contributed by atoms with Crippen molar-refractivity contribution >= 4 is 11.8 Å². The van der Waals surface area contributed by atoms with Gasteiger partial charge in [-0.15, -0.1) is 0 Å². The predicted octanol–water partition coefficient (Wildman–Crippen LogP) is 2.96. The second-order valence-electron chi connectivity index (χ2n) is 10.5. The van der Waals surface area contributed by atoms with Crippen molar-refractivity contribution in [2.45, 2.75) is 84.3 Å². The van der Waals surface area contributed by atoms with E-state index in [1.165, 1.54) is 0 Å². The third kappa shape index (κ3) is 3.59. The summed E-state index contributed by atoms with van der Waals surface area (Å²) < 4.78 is 0. The first-order valence-electron chi connectivity index (χ1n) is 11.6. The van der Waals surface area contributed by atoms with Crippen LogP contribution in [0.4, 0.5) is 0 Å². The molecule has 0 aromatic rings. The topological polar surface area (TPSA) is 69.6 Å². The molecule has 0 bridgehead atoms. The zero-order valence-electron chi connectivity index (χ0n) is 17.8. The fraction of sp³-hybridized carbons (Fsp3) is 0.913. The number of hydrogen-bond acceptors (Lipinski definition) is 3. The normalized spacial score (nSPS) is 42.0. The molecule has 5 heteroatoms.